The number of hydrogen-bond acceptors (Lipinski definition) is 3. The summed E-state index contributed by atoms with van der Waals surface area (Å²) in [7, 11) is 1.98. The fraction of sp³-hybridized carbons (Fsp3) is 0.545. The third-order valence-electron chi connectivity index (χ3n) is 3.10. The fourth-order valence-electron chi connectivity index (χ4n) is 1.95. The van der Waals surface area contributed by atoms with E-state index in [-0.39, 0.29) is 0 Å². The van der Waals surface area contributed by atoms with E-state index in [1.165, 1.54) is 18.5 Å². The van der Waals surface area contributed by atoms with Crippen LogP contribution >= 0.6 is 15.9 Å². The van der Waals surface area contributed by atoms with Gasteiger partial charge in [0.25, 0.3) is 0 Å². The Hall–Kier alpha value is -1.17. The van der Waals surface area contributed by atoms with Crippen molar-refractivity contribution < 1.29 is 0 Å². The number of nitrogens with zero attached hydrogens (tertiary/aromatic N) is 5. The Morgan fingerprint density at radius 1 is 1.47 bits per heavy atom. The van der Waals surface area contributed by atoms with E-state index in [4.69, 9.17) is 0 Å². The maximum atomic E-state index is 4.54. The maximum Gasteiger partial charge on any atom is 0.195 e. The van der Waals surface area contributed by atoms with Crippen LogP contribution in [0.3, 0.4) is 0 Å². The van der Waals surface area contributed by atoms with Crippen LogP contribution in [0.15, 0.2) is 17.1 Å². The Morgan fingerprint density at radius 2 is 2.29 bits per heavy atom. The zero-order chi connectivity index (χ0) is 11.8. The quantitative estimate of drug-likeness (QED) is 0.864. The second-order valence-corrected chi connectivity index (χ2v) is 5.29. The Labute approximate surface area is 108 Å². The molecule has 2 heterocycles. The predicted molar refractivity (Wildman–Crippen MR) is 66.5 cm³/mol. The molecule has 1 saturated carbocycles. The first-order valence-corrected chi connectivity index (χ1v) is 6.57. The molecule has 2 aromatic rings. The van der Waals surface area contributed by atoms with Gasteiger partial charge in [-0.05, 0) is 47.2 Å². The van der Waals surface area contributed by atoms with Crippen molar-refractivity contribution in [3.05, 3.63) is 28.5 Å². The fourth-order valence-corrected chi connectivity index (χ4v) is 2.26. The lowest BCUT2D eigenvalue weighted by Crippen LogP contribution is -2.07. The molecule has 0 aromatic carbocycles. The smallest absolute Gasteiger partial charge is 0.195 e. The van der Waals surface area contributed by atoms with Crippen LogP contribution in [0.25, 0.3) is 0 Å². The summed E-state index contributed by atoms with van der Waals surface area (Å²) < 4.78 is 4.51. The molecule has 0 radical (unpaired) electrons. The van der Waals surface area contributed by atoms with Crippen LogP contribution in [0.1, 0.15) is 24.2 Å². The van der Waals surface area contributed by atoms with Gasteiger partial charge in [0, 0.05) is 7.05 Å². The van der Waals surface area contributed by atoms with Crippen molar-refractivity contribution in [2.75, 3.05) is 0 Å². The minimum Gasteiger partial charge on any atom is -0.270 e. The number of aromatic nitrogens is 5. The van der Waals surface area contributed by atoms with Gasteiger partial charge < -0.3 is 0 Å². The first kappa shape index (κ1) is 11.0. The zero-order valence-electron chi connectivity index (χ0n) is 9.67. The second-order valence-electron chi connectivity index (χ2n) is 4.58. The highest BCUT2D eigenvalue weighted by Crippen LogP contribution is 2.32. The van der Waals surface area contributed by atoms with E-state index >= 15 is 0 Å². The standard InChI is InChI=1S/C11H14BrN5/c1-16-10(6-17-11(12)13-7-14-17)5-9(15-16)4-8-2-3-8/h5,7-8H,2-4,6H2,1H3. The van der Waals surface area contributed by atoms with E-state index < -0.39 is 0 Å². The first-order chi connectivity index (χ1) is 8.22. The molecule has 1 aliphatic carbocycles. The van der Waals surface area contributed by atoms with Crippen molar-refractivity contribution in [2.24, 2.45) is 13.0 Å². The van der Waals surface area contributed by atoms with Crippen LogP contribution in [0, 0.1) is 5.92 Å². The summed E-state index contributed by atoms with van der Waals surface area (Å²) in [5.41, 5.74) is 2.35. The average Bonchev–Trinajstić information content (AvgIpc) is 2.91. The van der Waals surface area contributed by atoms with Crippen molar-refractivity contribution in [2.45, 2.75) is 25.8 Å². The Bertz CT molecular complexity index is 526. The van der Waals surface area contributed by atoms with E-state index in [1.54, 1.807) is 6.33 Å². The van der Waals surface area contributed by atoms with E-state index in [2.05, 4.69) is 37.2 Å². The largest absolute Gasteiger partial charge is 0.270 e. The van der Waals surface area contributed by atoms with Gasteiger partial charge in [0.2, 0.25) is 0 Å². The molecule has 0 spiro atoms. The third-order valence-corrected chi connectivity index (χ3v) is 3.72. The van der Waals surface area contributed by atoms with E-state index in [9.17, 15) is 0 Å². The van der Waals surface area contributed by atoms with Gasteiger partial charge >= 0.3 is 0 Å². The van der Waals surface area contributed by atoms with Crippen LogP contribution in [-0.4, -0.2) is 24.5 Å². The second kappa shape index (κ2) is 4.25. The molecule has 3 rings (SSSR count). The number of rotatable bonds is 4. The predicted octanol–water partition coefficient (Wildman–Crippen LogP) is 1.77. The van der Waals surface area contributed by atoms with Crippen molar-refractivity contribution in [1.29, 1.82) is 0 Å². The summed E-state index contributed by atoms with van der Waals surface area (Å²) in [6.45, 7) is 0.703. The van der Waals surface area contributed by atoms with Gasteiger partial charge in [-0.25, -0.2) is 9.67 Å². The molecular weight excluding hydrogens is 282 g/mol. The minimum atomic E-state index is 0.703. The van der Waals surface area contributed by atoms with Crippen LogP contribution in [0.2, 0.25) is 0 Å². The van der Waals surface area contributed by atoms with Crippen molar-refractivity contribution >= 4 is 15.9 Å². The molecule has 0 amide bonds. The summed E-state index contributed by atoms with van der Waals surface area (Å²) in [5, 5.41) is 8.69. The summed E-state index contributed by atoms with van der Waals surface area (Å²) >= 11 is 3.37. The molecule has 5 nitrogen and oxygen atoms in total. The lowest BCUT2D eigenvalue weighted by Gasteiger charge is -2.01. The normalized spacial score (nSPS) is 15.4. The lowest BCUT2D eigenvalue weighted by molar-refractivity contribution is 0.605. The Kier molecular flexibility index (Phi) is 2.74. The van der Waals surface area contributed by atoms with Gasteiger partial charge in [0.1, 0.15) is 6.33 Å². The molecule has 0 aliphatic heterocycles. The van der Waals surface area contributed by atoms with E-state index in [0.29, 0.717) is 6.54 Å². The summed E-state index contributed by atoms with van der Waals surface area (Å²) in [4.78, 5) is 4.05. The molecule has 17 heavy (non-hydrogen) atoms. The van der Waals surface area contributed by atoms with Gasteiger partial charge in [-0.1, -0.05) is 0 Å². The van der Waals surface area contributed by atoms with E-state index in [1.807, 2.05) is 16.4 Å². The topological polar surface area (TPSA) is 48.5 Å². The van der Waals surface area contributed by atoms with Gasteiger partial charge in [0.05, 0.1) is 17.9 Å². The van der Waals surface area contributed by atoms with Crippen LogP contribution < -0.4 is 0 Å². The third kappa shape index (κ3) is 2.41. The Balaban J connectivity index is 1.77. The molecule has 1 aliphatic rings. The molecule has 0 unspecified atom stereocenters. The number of halogens is 1. The molecule has 0 bridgehead atoms. The maximum absolute atomic E-state index is 4.54. The van der Waals surface area contributed by atoms with Crippen LogP contribution in [0.4, 0.5) is 0 Å². The molecule has 90 valence electrons. The highest BCUT2D eigenvalue weighted by Gasteiger charge is 2.23. The minimum absolute atomic E-state index is 0.703. The van der Waals surface area contributed by atoms with Gasteiger partial charge in [0.15, 0.2) is 4.73 Å². The van der Waals surface area contributed by atoms with Gasteiger partial charge in [-0.2, -0.15) is 10.2 Å². The SMILES string of the molecule is Cn1nc(CC2CC2)cc1Cn1ncnc1Br. The monoisotopic (exact) mass is 295 g/mol. The molecule has 0 saturated heterocycles. The molecule has 2 aromatic heterocycles. The van der Waals surface area contributed by atoms with Crippen molar-refractivity contribution in [3.63, 3.8) is 0 Å². The summed E-state index contributed by atoms with van der Waals surface area (Å²) in [6.07, 6.45) is 5.39. The molecule has 0 N–H and O–H groups in total. The van der Waals surface area contributed by atoms with E-state index in [0.717, 1.165) is 22.8 Å². The Morgan fingerprint density at radius 3 is 2.94 bits per heavy atom. The van der Waals surface area contributed by atoms with Crippen molar-refractivity contribution in [3.8, 4) is 0 Å². The van der Waals surface area contributed by atoms with Crippen molar-refractivity contribution in [1.82, 2.24) is 24.5 Å². The molecule has 1 fully saturated rings. The lowest BCUT2D eigenvalue weighted by atomic mass is 10.2. The zero-order valence-corrected chi connectivity index (χ0v) is 11.3. The van der Waals surface area contributed by atoms with Crippen LogP contribution in [-0.2, 0) is 20.0 Å². The van der Waals surface area contributed by atoms with Gasteiger partial charge in [-0.3, -0.25) is 4.68 Å². The highest BCUT2D eigenvalue weighted by atomic mass is 79.9. The summed E-state index contributed by atoms with van der Waals surface area (Å²) in [6, 6.07) is 2.17. The molecular formula is C11H14BrN5. The van der Waals surface area contributed by atoms with Gasteiger partial charge in [-0.15, -0.1) is 0 Å². The average molecular weight is 296 g/mol. The number of aryl methyl sites for hydroxylation is 1. The number of hydrogen-bond donors (Lipinski definition) is 0. The van der Waals surface area contributed by atoms with Crippen LogP contribution in [0.5, 0.6) is 0 Å². The first-order valence-electron chi connectivity index (χ1n) is 5.77. The highest BCUT2D eigenvalue weighted by molar-refractivity contribution is 9.10. The molecule has 0 atom stereocenters. The summed E-state index contributed by atoms with van der Waals surface area (Å²) in [5.74, 6) is 0.871. The molecule has 6 heteroatoms.